The Hall–Kier alpha value is -2.35. The number of thiophene rings is 1. The van der Waals surface area contributed by atoms with E-state index in [0.29, 0.717) is 22.2 Å². The number of methoxy groups -OCH3 is 1. The van der Waals surface area contributed by atoms with Crippen molar-refractivity contribution in [3.63, 3.8) is 0 Å². The molecule has 0 saturated heterocycles. The minimum absolute atomic E-state index is 0.128. The molecule has 0 bridgehead atoms. The van der Waals surface area contributed by atoms with E-state index in [9.17, 15) is 4.79 Å². The highest BCUT2D eigenvalue weighted by molar-refractivity contribution is 7.80. The number of hydrogen-bond donors (Lipinski definition) is 2. The van der Waals surface area contributed by atoms with Crippen molar-refractivity contribution in [2.45, 2.75) is 26.5 Å². The minimum atomic E-state index is -0.339. The third kappa shape index (κ3) is 5.38. The van der Waals surface area contributed by atoms with Crippen LogP contribution in [0.25, 0.3) is 10.1 Å². The molecule has 29 heavy (non-hydrogen) atoms. The second kappa shape index (κ2) is 9.43. The minimum Gasteiger partial charge on any atom is -0.497 e. The van der Waals surface area contributed by atoms with E-state index >= 15 is 0 Å². The van der Waals surface area contributed by atoms with E-state index in [4.69, 9.17) is 33.3 Å². The largest absolute Gasteiger partial charge is 0.497 e. The Kier molecular flexibility index (Phi) is 6.95. The summed E-state index contributed by atoms with van der Waals surface area (Å²) in [6.07, 6.45) is 0.128. The van der Waals surface area contributed by atoms with E-state index < -0.39 is 0 Å². The first-order valence-corrected chi connectivity index (χ1v) is 10.6. The molecular weight excluding hydrogens is 428 g/mol. The van der Waals surface area contributed by atoms with Crippen LogP contribution >= 0.6 is 35.2 Å². The van der Waals surface area contributed by atoms with E-state index in [1.807, 2.05) is 56.3 Å². The summed E-state index contributed by atoms with van der Waals surface area (Å²) in [4.78, 5) is 13.0. The van der Waals surface area contributed by atoms with Gasteiger partial charge in [0.1, 0.15) is 16.4 Å². The molecule has 0 aliphatic rings. The third-order valence-corrected chi connectivity index (χ3v) is 5.92. The van der Waals surface area contributed by atoms with Crippen LogP contribution in [0.2, 0.25) is 5.02 Å². The van der Waals surface area contributed by atoms with Crippen molar-refractivity contribution in [1.82, 2.24) is 10.6 Å². The molecule has 1 amide bonds. The molecule has 0 saturated carbocycles. The lowest BCUT2D eigenvalue weighted by atomic mass is 10.2. The summed E-state index contributed by atoms with van der Waals surface area (Å²) in [6, 6.07) is 13.2. The van der Waals surface area contributed by atoms with Crippen molar-refractivity contribution in [3.8, 4) is 11.5 Å². The molecule has 152 valence electrons. The average molecular weight is 449 g/mol. The highest BCUT2D eigenvalue weighted by Crippen LogP contribution is 2.37. The summed E-state index contributed by atoms with van der Waals surface area (Å²) >= 11 is 12.9. The Bertz CT molecular complexity index is 1030. The Labute approximate surface area is 184 Å². The molecular formula is C21H21ClN2O3S2. The maximum Gasteiger partial charge on any atom is 0.269 e. The zero-order chi connectivity index (χ0) is 21.0. The zero-order valence-electron chi connectivity index (χ0n) is 16.2. The maximum atomic E-state index is 12.6. The van der Waals surface area contributed by atoms with Gasteiger partial charge in [-0.3, -0.25) is 10.1 Å². The number of carbonyl (C=O) groups is 1. The summed E-state index contributed by atoms with van der Waals surface area (Å²) in [5.74, 6) is 1.19. The zero-order valence-corrected chi connectivity index (χ0v) is 18.6. The number of rotatable bonds is 6. The van der Waals surface area contributed by atoms with Crippen LogP contribution < -0.4 is 20.1 Å². The normalized spacial score (nSPS) is 10.8. The smallest absolute Gasteiger partial charge is 0.269 e. The highest BCUT2D eigenvalue weighted by Gasteiger charge is 2.18. The van der Waals surface area contributed by atoms with Gasteiger partial charge in [0.05, 0.1) is 18.2 Å². The van der Waals surface area contributed by atoms with Crippen molar-refractivity contribution in [1.29, 1.82) is 0 Å². The van der Waals surface area contributed by atoms with Gasteiger partial charge < -0.3 is 14.8 Å². The molecule has 3 rings (SSSR count). The fourth-order valence-corrected chi connectivity index (χ4v) is 4.27. The number of thiocarbonyl (C=S) groups is 1. The van der Waals surface area contributed by atoms with Crippen molar-refractivity contribution >= 4 is 56.3 Å². The topological polar surface area (TPSA) is 59.6 Å². The molecule has 0 radical (unpaired) electrons. The fourth-order valence-electron chi connectivity index (χ4n) is 2.66. The second-order valence-corrected chi connectivity index (χ2v) is 8.39. The molecule has 0 aliphatic heterocycles. The first-order valence-electron chi connectivity index (χ1n) is 8.98. The van der Waals surface area contributed by atoms with E-state index in [0.717, 1.165) is 21.4 Å². The quantitative estimate of drug-likeness (QED) is 0.510. The molecule has 5 nitrogen and oxygen atoms in total. The van der Waals surface area contributed by atoms with Crippen LogP contribution in [0.5, 0.6) is 11.5 Å². The summed E-state index contributed by atoms with van der Waals surface area (Å²) in [6.45, 7) is 4.45. The van der Waals surface area contributed by atoms with E-state index in [1.54, 1.807) is 7.11 Å². The van der Waals surface area contributed by atoms with Crippen molar-refractivity contribution < 1.29 is 14.3 Å². The van der Waals surface area contributed by atoms with Crippen LogP contribution in [0.1, 0.15) is 29.1 Å². The summed E-state index contributed by atoms with van der Waals surface area (Å²) in [5, 5.41) is 7.18. The van der Waals surface area contributed by atoms with Gasteiger partial charge in [-0.2, -0.15) is 0 Å². The van der Waals surface area contributed by atoms with Gasteiger partial charge in [-0.25, -0.2) is 0 Å². The van der Waals surface area contributed by atoms with E-state index in [1.165, 1.54) is 11.3 Å². The first-order chi connectivity index (χ1) is 13.9. The number of benzene rings is 2. The van der Waals surface area contributed by atoms with Gasteiger partial charge in [-0.1, -0.05) is 23.7 Å². The van der Waals surface area contributed by atoms with Crippen molar-refractivity contribution in [2.75, 3.05) is 7.11 Å². The lowest BCUT2D eigenvalue weighted by Crippen LogP contribution is -2.38. The van der Waals surface area contributed by atoms with Crippen LogP contribution in [0.3, 0.4) is 0 Å². The molecule has 1 heterocycles. The summed E-state index contributed by atoms with van der Waals surface area (Å²) < 4.78 is 11.7. The number of nitrogens with one attached hydrogen (secondary N) is 2. The Morgan fingerprint density at radius 1 is 1.17 bits per heavy atom. The average Bonchev–Trinajstić information content (AvgIpc) is 3.03. The molecule has 8 heteroatoms. The fraction of sp³-hybridized carbons (Fsp3) is 0.238. The molecule has 3 aromatic rings. The highest BCUT2D eigenvalue weighted by atomic mass is 35.5. The van der Waals surface area contributed by atoms with Gasteiger partial charge >= 0.3 is 0 Å². The maximum absolute atomic E-state index is 12.6. The van der Waals surface area contributed by atoms with Gasteiger partial charge in [0.15, 0.2) is 5.11 Å². The number of amides is 1. The van der Waals surface area contributed by atoms with Gasteiger partial charge in [-0.05, 0) is 62.0 Å². The number of halogens is 1. The van der Waals surface area contributed by atoms with Crippen LogP contribution in [-0.4, -0.2) is 24.2 Å². The monoisotopic (exact) mass is 448 g/mol. The van der Waals surface area contributed by atoms with Crippen LogP contribution in [0.4, 0.5) is 0 Å². The second-order valence-electron chi connectivity index (χ2n) is 6.55. The van der Waals surface area contributed by atoms with Gasteiger partial charge in [-0.15, -0.1) is 11.3 Å². The standard InChI is InChI=1S/C21H21ClN2O3S2/c1-12(2)27-14-6-4-13(5-7-14)11-23-21(28)24-20(25)19-18(22)16-9-8-15(26-3)10-17(16)29-19/h4-10,12H,11H2,1-3H3,(H2,23,24,25,28). The SMILES string of the molecule is COc1ccc2c(Cl)c(C(=O)NC(=S)NCc3ccc(OC(C)C)cc3)sc2c1. The summed E-state index contributed by atoms with van der Waals surface area (Å²) in [7, 11) is 1.60. The van der Waals surface area contributed by atoms with E-state index in [2.05, 4.69) is 10.6 Å². The molecule has 0 spiro atoms. The molecule has 0 unspecified atom stereocenters. The number of ether oxygens (including phenoxy) is 2. The van der Waals surface area contributed by atoms with Crippen LogP contribution in [0.15, 0.2) is 42.5 Å². The molecule has 2 N–H and O–H groups in total. The van der Waals surface area contributed by atoms with Crippen LogP contribution in [-0.2, 0) is 6.54 Å². The molecule has 0 fully saturated rings. The first kappa shape index (κ1) is 21.4. The Balaban J connectivity index is 1.60. The third-order valence-electron chi connectivity index (χ3n) is 4.02. The number of hydrogen-bond acceptors (Lipinski definition) is 5. The molecule has 2 aromatic carbocycles. The van der Waals surface area contributed by atoms with E-state index in [-0.39, 0.29) is 17.1 Å². The molecule has 0 atom stereocenters. The summed E-state index contributed by atoms with van der Waals surface area (Å²) in [5.41, 5.74) is 1.02. The van der Waals surface area contributed by atoms with Gasteiger partial charge in [0.25, 0.3) is 5.91 Å². The Morgan fingerprint density at radius 2 is 1.86 bits per heavy atom. The number of fused-ring (bicyclic) bond motifs is 1. The van der Waals surface area contributed by atoms with Crippen LogP contribution in [0, 0.1) is 0 Å². The van der Waals surface area contributed by atoms with Crippen molar-refractivity contribution in [2.24, 2.45) is 0 Å². The van der Waals surface area contributed by atoms with Gasteiger partial charge in [0, 0.05) is 16.6 Å². The lowest BCUT2D eigenvalue weighted by molar-refractivity contribution is 0.0980. The predicted octanol–water partition coefficient (Wildman–Crippen LogP) is 5.16. The number of carbonyl (C=O) groups excluding carboxylic acids is 1. The Morgan fingerprint density at radius 3 is 2.52 bits per heavy atom. The lowest BCUT2D eigenvalue weighted by Gasteiger charge is -2.11. The predicted molar refractivity (Wildman–Crippen MR) is 122 cm³/mol. The molecule has 0 aliphatic carbocycles. The van der Waals surface area contributed by atoms with Crippen molar-refractivity contribution in [3.05, 3.63) is 57.9 Å². The van der Waals surface area contributed by atoms with Gasteiger partial charge in [0.2, 0.25) is 0 Å². The molecule has 1 aromatic heterocycles.